The summed E-state index contributed by atoms with van der Waals surface area (Å²) in [4.78, 5) is 4.30. The lowest BCUT2D eigenvalue weighted by Crippen LogP contribution is -2.23. The molecular weight excluding hydrogens is 244 g/mol. The van der Waals surface area contributed by atoms with E-state index < -0.39 is 0 Å². The number of nitrogens with one attached hydrogen (secondary N) is 1. The molecule has 0 bridgehead atoms. The molecule has 1 aromatic carbocycles. The topological polar surface area (TPSA) is 24.9 Å². The third-order valence-corrected chi connectivity index (χ3v) is 3.86. The van der Waals surface area contributed by atoms with Gasteiger partial charge in [-0.15, -0.1) is 0 Å². The van der Waals surface area contributed by atoms with E-state index in [-0.39, 0.29) is 6.04 Å². The lowest BCUT2D eigenvalue weighted by Gasteiger charge is -2.22. The van der Waals surface area contributed by atoms with Gasteiger partial charge < -0.3 is 5.32 Å². The van der Waals surface area contributed by atoms with Crippen LogP contribution >= 0.6 is 0 Å². The molecule has 2 aromatic rings. The molecule has 0 saturated heterocycles. The lowest BCUT2D eigenvalue weighted by atomic mass is 9.92. The number of aryl methyl sites for hydroxylation is 4. The molecule has 0 radical (unpaired) electrons. The molecule has 2 heteroatoms. The van der Waals surface area contributed by atoms with Gasteiger partial charge in [0, 0.05) is 11.9 Å². The van der Waals surface area contributed by atoms with Crippen LogP contribution in [0.4, 0.5) is 0 Å². The fourth-order valence-corrected chi connectivity index (χ4v) is 2.65. The summed E-state index contributed by atoms with van der Waals surface area (Å²) in [6.07, 6.45) is 1.89. The van der Waals surface area contributed by atoms with E-state index in [1.807, 2.05) is 13.1 Å². The molecule has 2 rings (SSSR count). The van der Waals surface area contributed by atoms with E-state index in [0.717, 1.165) is 12.2 Å². The molecule has 1 N–H and O–H groups in total. The van der Waals surface area contributed by atoms with Crippen LogP contribution in [0.25, 0.3) is 0 Å². The summed E-state index contributed by atoms with van der Waals surface area (Å²) in [5, 5.41) is 3.60. The largest absolute Gasteiger partial charge is 0.307 e. The third-order valence-electron chi connectivity index (χ3n) is 3.86. The summed E-state index contributed by atoms with van der Waals surface area (Å²) in [7, 11) is 0. The fourth-order valence-electron chi connectivity index (χ4n) is 2.65. The fraction of sp³-hybridized carbons (Fsp3) is 0.389. The molecule has 0 aliphatic heterocycles. The molecule has 1 aromatic heterocycles. The Kier molecular flexibility index (Phi) is 4.56. The normalized spacial score (nSPS) is 12.4. The maximum Gasteiger partial charge on any atom is 0.0580 e. The molecule has 1 unspecified atom stereocenters. The van der Waals surface area contributed by atoms with Crippen molar-refractivity contribution >= 4 is 0 Å². The van der Waals surface area contributed by atoms with E-state index in [4.69, 9.17) is 0 Å². The Hall–Kier alpha value is -1.67. The summed E-state index contributed by atoms with van der Waals surface area (Å²) >= 11 is 0. The maximum absolute atomic E-state index is 4.30. The van der Waals surface area contributed by atoms with Gasteiger partial charge in [0.15, 0.2) is 0 Å². The van der Waals surface area contributed by atoms with Gasteiger partial charge in [0.05, 0.1) is 6.04 Å². The maximum atomic E-state index is 4.30. The van der Waals surface area contributed by atoms with E-state index in [2.05, 4.69) is 62.3 Å². The predicted octanol–water partition coefficient (Wildman–Crippen LogP) is 4.01. The van der Waals surface area contributed by atoms with Crippen molar-refractivity contribution in [1.82, 2.24) is 10.3 Å². The Labute approximate surface area is 122 Å². The number of nitrogens with zero attached hydrogens (tertiary/aromatic N) is 1. The Morgan fingerprint density at radius 2 is 1.70 bits per heavy atom. The Morgan fingerprint density at radius 3 is 2.35 bits per heavy atom. The van der Waals surface area contributed by atoms with Gasteiger partial charge in [0.1, 0.15) is 0 Å². The zero-order valence-electron chi connectivity index (χ0n) is 13.1. The Morgan fingerprint density at radius 1 is 1.00 bits per heavy atom. The molecule has 1 heterocycles. The molecular formula is C18H24N2. The first-order valence-corrected chi connectivity index (χ1v) is 7.26. The minimum Gasteiger partial charge on any atom is -0.307 e. The van der Waals surface area contributed by atoms with Gasteiger partial charge >= 0.3 is 0 Å². The van der Waals surface area contributed by atoms with Gasteiger partial charge in [-0.2, -0.15) is 0 Å². The van der Waals surface area contributed by atoms with Crippen LogP contribution in [0, 0.1) is 27.7 Å². The monoisotopic (exact) mass is 268 g/mol. The minimum absolute atomic E-state index is 0.237. The molecule has 0 amide bonds. The summed E-state index contributed by atoms with van der Waals surface area (Å²) in [6, 6.07) is 9.11. The Bertz CT molecular complexity index is 602. The second kappa shape index (κ2) is 6.19. The number of benzene rings is 1. The first-order chi connectivity index (χ1) is 9.52. The molecule has 0 aliphatic carbocycles. The first kappa shape index (κ1) is 14.7. The van der Waals surface area contributed by atoms with Crippen molar-refractivity contribution in [3.8, 4) is 0 Å². The molecule has 20 heavy (non-hydrogen) atoms. The van der Waals surface area contributed by atoms with Crippen molar-refractivity contribution in [1.29, 1.82) is 0 Å². The second-order valence-electron chi connectivity index (χ2n) is 5.51. The predicted molar refractivity (Wildman–Crippen MR) is 85.1 cm³/mol. The van der Waals surface area contributed by atoms with Crippen molar-refractivity contribution < 1.29 is 0 Å². The minimum atomic E-state index is 0.237. The van der Waals surface area contributed by atoms with Crippen LogP contribution < -0.4 is 5.32 Å². The molecule has 0 spiro atoms. The molecule has 0 fully saturated rings. The van der Waals surface area contributed by atoms with E-state index in [0.29, 0.717) is 0 Å². The number of hydrogen-bond acceptors (Lipinski definition) is 2. The standard InChI is InChI=1S/C18H24N2/c1-6-19-18(16-7-8-20-15(5)11-16)17-10-13(3)12(2)9-14(17)4/h7-11,18-19H,6H2,1-5H3. The highest BCUT2D eigenvalue weighted by Gasteiger charge is 2.16. The zero-order chi connectivity index (χ0) is 14.7. The second-order valence-corrected chi connectivity index (χ2v) is 5.51. The van der Waals surface area contributed by atoms with Crippen molar-refractivity contribution in [2.75, 3.05) is 6.54 Å². The van der Waals surface area contributed by atoms with Crippen LogP contribution in [0.15, 0.2) is 30.5 Å². The molecule has 1 atom stereocenters. The van der Waals surface area contributed by atoms with E-state index in [9.17, 15) is 0 Å². The zero-order valence-corrected chi connectivity index (χ0v) is 13.1. The lowest BCUT2D eigenvalue weighted by molar-refractivity contribution is 0.626. The van der Waals surface area contributed by atoms with E-state index >= 15 is 0 Å². The SMILES string of the molecule is CCNC(c1ccnc(C)c1)c1cc(C)c(C)cc1C. The number of hydrogen-bond donors (Lipinski definition) is 1. The molecule has 106 valence electrons. The Balaban J connectivity index is 2.51. The van der Waals surface area contributed by atoms with Gasteiger partial charge in [-0.25, -0.2) is 0 Å². The number of aromatic nitrogens is 1. The summed E-state index contributed by atoms with van der Waals surface area (Å²) in [6.45, 7) is 11.7. The summed E-state index contributed by atoms with van der Waals surface area (Å²) < 4.78 is 0. The van der Waals surface area contributed by atoms with Crippen LogP contribution in [0.5, 0.6) is 0 Å². The van der Waals surface area contributed by atoms with Crippen molar-refractivity contribution in [2.24, 2.45) is 0 Å². The van der Waals surface area contributed by atoms with Crippen molar-refractivity contribution in [3.05, 3.63) is 64.0 Å². The van der Waals surface area contributed by atoms with Crippen LogP contribution in [-0.4, -0.2) is 11.5 Å². The van der Waals surface area contributed by atoms with Gasteiger partial charge in [-0.1, -0.05) is 19.1 Å². The van der Waals surface area contributed by atoms with Gasteiger partial charge in [-0.05, 0) is 74.2 Å². The highest BCUT2D eigenvalue weighted by molar-refractivity contribution is 5.42. The van der Waals surface area contributed by atoms with Crippen LogP contribution in [0.2, 0.25) is 0 Å². The smallest absolute Gasteiger partial charge is 0.0580 e. The van der Waals surface area contributed by atoms with Gasteiger partial charge in [-0.3, -0.25) is 4.98 Å². The molecule has 2 nitrogen and oxygen atoms in total. The molecule has 0 saturated carbocycles. The summed E-state index contributed by atoms with van der Waals surface area (Å²) in [5.74, 6) is 0. The van der Waals surface area contributed by atoms with Crippen LogP contribution in [-0.2, 0) is 0 Å². The number of pyridine rings is 1. The quantitative estimate of drug-likeness (QED) is 0.906. The van der Waals surface area contributed by atoms with Crippen molar-refractivity contribution in [2.45, 2.75) is 40.7 Å². The van der Waals surface area contributed by atoms with Crippen LogP contribution in [0.3, 0.4) is 0 Å². The average Bonchev–Trinajstić information content (AvgIpc) is 2.40. The van der Waals surface area contributed by atoms with Crippen molar-refractivity contribution in [3.63, 3.8) is 0 Å². The van der Waals surface area contributed by atoms with E-state index in [1.165, 1.54) is 27.8 Å². The van der Waals surface area contributed by atoms with Gasteiger partial charge in [0.2, 0.25) is 0 Å². The van der Waals surface area contributed by atoms with Gasteiger partial charge in [0.25, 0.3) is 0 Å². The summed E-state index contributed by atoms with van der Waals surface area (Å²) in [5.41, 5.74) is 7.75. The number of rotatable bonds is 4. The third kappa shape index (κ3) is 3.07. The highest BCUT2D eigenvalue weighted by atomic mass is 14.9. The van der Waals surface area contributed by atoms with E-state index in [1.54, 1.807) is 0 Å². The molecule has 0 aliphatic rings. The average molecular weight is 268 g/mol. The van der Waals surface area contributed by atoms with Crippen LogP contribution in [0.1, 0.15) is 46.5 Å². The highest BCUT2D eigenvalue weighted by Crippen LogP contribution is 2.27. The first-order valence-electron chi connectivity index (χ1n) is 7.26.